The summed E-state index contributed by atoms with van der Waals surface area (Å²) in [6.45, 7) is -0.662. The molecule has 0 bridgehead atoms. The van der Waals surface area contributed by atoms with E-state index in [4.69, 9.17) is 11.6 Å². The second-order valence-corrected chi connectivity index (χ2v) is 7.06. The van der Waals surface area contributed by atoms with Crippen LogP contribution in [0, 0.1) is 0 Å². The molecule has 140 valence electrons. The van der Waals surface area contributed by atoms with Crippen LogP contribution in [0.1, 0.15) is 11.1 Å². The molecule has 0 unspecified atom stereocenters. The Kier molecular flexibility index (Phi) is 5.47. The molecule has 0 saturated heterocycles. The quantitative estimate of drug-likeness (QED) is 0.571. The maximum Gasteiger partial charge on any atom is 0.471 e. The summed E-state index contributed by atoms with van der Waals surface area (Å²) in [5, 5.41) is -0.279. The SMILES string of the molecule is O=C(N1CCc2ccc(Cl)c(OS(=O)(=O)C(F)F)c2CC1)C(F)(F)F. The van der Waals surface area contributed by atoms with Crippen LogP contribution in [0.25, 0.3) is 0 Å². The molecule has 0 spiro atoms. The summed E-state index contributed by atoms with van der Waals surface area (Å²) in [4.78, 5) is 11.9. The van der Waals surface area contributed by atoms with Crippen molar-refractivity contribution >= 4 is 27.6 Å². The van der Waals surface area contributed by atoms with Crippen molar-refractivity contribution in [3.63, 3.8) is 0 Å². The Bertz CT molecular complexity index is 781. The fraction of sp³-hybridized carbons (Fsp3) is 0.462. The summed E-state index contributed by atoms with van der Waals surface area (Å²) in [6.07, 6.45) is -5.32. The zero-order valence-corrected chi connectivity index (χ0v) is 13.9. The molecule has 0 aliphatic carbocycles. The number of halogens is 6. The highest BCUT2D eigenvalue weighted by Crippen LogP contribution is 2.35. The summed E-state index contributed by atoms with van der Waals surface area (Å²) >= 11 is 5.80. The van der Waals surface area contributed by atoms with Crippen molar-refractivity contribution in [2.45, 2.75) is 24.8 Å². The van der Waals surface area contributed by atoms with Crippen molar-refractivity contribution in [2.75, 3.05) is 13.1 Å². The lowest BCUT2D eigenvalue weighted by Crippen LogP contribution is -2.42. The van der Waals surface area contributed by atoms with Crippen LogP contribution in [-0.2, 0) is 27.8 Å². The molecule has 1 aromatic carbocycles. The van der Waals surface area contributed by atoms with E-state index in [0.29, 0.717) is 10.5 Å². The summed E-state index contributed by atoms with van der Waals surface area (Å²) in [5.74, 6) is -6.40. The number of hydrogen-bond donors (Lipinski definition) is 0. The minimum atomic E-state index is -5.25. The second kappa shape index (κ2) is 6.94. The number of benzene rings is 1. The van der Waals surface area contributed by atoms with Crippen molar-refractivity contribution in [3.05, 3.63) is 28.3 Å². The molecule has 0 radical (unpaired) electrons. The lowest BCUT2D eigenvalue weighted by Gasteiger charge is -2.21. The Morgan fingerprint density at radius 3 is 2.36 bits per heavy atom. The molecule has 25 heavy (non-hydrogen) atoms. The van der Waals surface area contributed by atoms with Gasteiger partial charge in [-0.05, 0) is 24.5 Å². The largest absolute Gasteiger partial charge is 0.471 e. The summed E-state index contributed by atoms with van der Waals surface area (Å²) in [6, 6.07) is 2.61. The van der Waals surface area contributed by atoms with Gasteiger partial charge in [-0.3, -0.25) is 4.79 Å². The molecule has 0 N–H and O–H groups in total. The van der Waals surface area contributed by atoms with Gasteiger partial charge in [0.1, 0.15) is 0 Å². The molecule has 12 heteroatoms. The second-order valence-electron chi connectivity index (χ2n) is 5.14. The predicted molar refractivity (Wildman–Crippen MR) is 77.0 cm³/mol. The molecule has 2 rings (SSSR count). The van der Waals surface area contributed by atoms with Gasteiger partial charge in [-0.2, -0.15) is 30.4 Å². The molecule has 0 saturated carbocycles. The molecule has 0 atom stereocenters. The molecule has 1 aromatic rings. The molecule has 0 aromatic heterocycles. The third-order valence-corrected chi connectivity index (χ3v) is 4.67. The molecule has 1 heterocycles. The van der Waals surface area contributed by atoms with Gasteiger partial charge in [-0.25, -0.2) is 0 Å². The Labute approximate surface area is 144 Å². The van der Waals surface area contributed by atoms with Gasteiger partial charge in [0.25, 0.3) is 0 Å². The van der Waals surface area contributed by atoms with E-state index in [1.54, 1.807) is 0 Å². The van der Waals surface area contributed by atoms with E-state index in [1.165, 1.54) is 12.1 Å². The first kappa shape index (κ1) is 19.7. The highest BCUT2D eigenvalue weighted by molar-refractivity contribution is 7.87. The highest BCUT2D eigenvalue weighted by Gasteiger charge is 2.42. The lowest BCUT2D eigenvalue weighted by molar-refractivity contribution is -0.185. The average Bonchev–Trinajstić information content (AvgIpc) is 2.71. The average molecular weight is 408 g/mol. The number of hydrogen-bond acceptors (Lipinski definition) is 4. The van der Waals surface area contributed by atoms with Crippen molar-refractivity contribution < 1.29 is 39.3 Å². The van der Waals surface area contributed by atoms with Crippen LogP contribution in [0.2, 0.25) is 5.02 Å². The summed E-state index contributed by atoms with van der Waals surface area (Å²) < 4.78 is 89.6. The van der Waals surface area contributed by atoms with E-state index in [-0.39, 0.29) is 30.0 Å². The Hall–Kier alpha value is -1.62. The van der Waals surface area contributed by atoms with Crippen molar-refractivity contribution in [1.82, 2.24) is 4.90 Å². The van der Waals surface area contributed by atoms with Crippen LogP contribution in [0.15, 0.2) is 12.1 Å². The molecule has 0 fully saturated rings. The van der Waals surface area contributed by atoms with Crippen LogP contribution in [0.5, 0.6) is 5.75 Å². The monoisotopic (exact) mass is 407 g/mol. The molecule has 1 amide bonds. The third kappa shape index (κ3) is 4.32. The van der Waals surface area contributed by atoms with Crippen LogP contribution >= 0.6 is 11.6 Å². The number of rotatable bonds is 3. The van der Waals surface area contributed by atoms with E-state index in [2.05, 4.69) is 4.18 Å². The molecular formula is C13H11ClF5NO4S. The fourth-order valence-electron chi connectivity index (χ4n) is 2.39. The fourth-order valence-corrected chi connectivity index (χ4v) is 3.14. The van der Waals surface area contributed by atoms with E-state index in [0.717, 1.165) is 0 Å². The van der Waals surface area contributed by atoms with Crippen LogP contribution < -0.4 is 4.18 Å². The van der Waals surface area contributed by atoms with E-state index >= 15 is 0 Å². The van der Waals surface area contributed by atoms with Crippen LogP contribution in [-0.4, -0.2) is 44.2 Å². The zero-order chi connectivity index (χ0) is 19.0. The predicted octanol–water partition coefficient (Wildman–Crippen LogP) is 2.76. The zero-order valence-electron chi connectivity index (χ0n) is 12.3. The summed E-state index contributed by atoms with van der Waals surface area (Å²) in [7, 11) is -5.25. The van der Waals surface area contributed by atoms with Gasteiger partial charge in [0, 0.05) is 18.7 Å². The molecule has 1 aliphatic heterocycles. The van der Waals surface area contributed by atoms with Crippen molar-refractivity contribution in [3.8, 4) is 5.75 Å². The van der Waals surface area contributed by atoms with Crippen molar-refractivity contribution in [1.29, 1.82) is 0 Å². The first-order chi connectivity index (χ1) is 11.4. The van der Waals surface area contributed by atoms with E-state index in [9.17, 15) is 35.2 Å². The van der Waals surface area contributed by atoms with Gasteiger partial charge in [0.15, 0.2) is 5.75 Å². The lowest BCUT2D eigenvalue weighted by atomic mass is 10.0. The Morgan fingerprint density at radius 1 is 1.20 bits per heavy atom. The van der Waals surface area contributed by atoms with Gasteiger partial charge in [-0.15, -0.1) is 0 Å². The topological polar surface area (TPSA) is 63.7 Å². The maximum atomic E-state index is 12.6. The normalized spacial score (nSPS) is 15.7. The number of nitrogens with zero attached hydrogens (tertiary/aromatic N) is 1. The number of carbonyl (C=O) groups excluding carboxylic acids is 1. The molecular weight excluding hydrogens is 397 g/mol. The standard InChI is InChI=1S/C13H11ClF5NO4S/c14-9-2-1-7-3-5-20(11(21)13(17,18)19)6-4-8(7)10(9)24-25(22,23)12(15)16/h1-2,12H,3-6H2. The maximum absolute atomic E-state index is 12.6. The van der Waals surface area contributed by atoms with Gasteiger partial charge in [-0.1, -0.05) is 17.7 Å². The van der Waals surface area contributed by atoms with E-state index < -0.39 is 40.3 Å². The summed E-state index contributed by atoms with van der Waals surface area (Å²) in [5.41, 5.74) is 0.440. The highest BCUT2D eigenvalue weighted by atomic mass is 35.5. The first-order valence-electron chi connectivity index (χ1n) is 6.81. The minimum Gasteiger partial charge on any atom is -0.377 e. The first-order valence-corrected chi connectivity index (χ1v) is 8.66. The van der Waals surface area contributed by atoms with Crippen molar-refractivity contribution in [2.24, 2.45) is 0 Å². The number of alkyl halides is 5. The van der Waals surface area contributed by atoms with Gasteiger partial charge in [0.2, 0.25) is 0 Å². The van der Waals surface area contributed by atoms with Gasteiger partial charge in [0.05, 0.1) is 5.02 Å². The molecule has 5 nitrogen and oxygen atoms in total. The Morgan fingerprint density at radius 2 is 1.80 bits per heavy atom. The van der Waals surface area contributed by atoms with Crippen LogP contribution in [0.4, 0.5) is 22.0 Å². The van der Waals surface area contributed by atoms with Crippen LogP contribution in [0.3, 0.4) is 0 Å². The number of fused-ring (bicyclic) bond motifs is 1. The van der Waals surface area contributed by atoms with Gasteiger partial charge >= 0.3 is 28.0 Å². The number of amides is 1. The molecule has 1 aliphatic rings. The Balaban J connectivity index is 2.35. The van der Waals surface area contributed by atoms with E-state index in [1.807, 2.05) is 0 Å². The minimum absolute atomic E-state index is 0.0423. The smallest absolute Gasteiger partial charge is 0.377 e. The van der Waals surface area contributed by atoms with Gasteiger partial charge < -0.3 is 9.08 Å². The third-order valence-electron chi connectivity index (χ3n) is 3.54. The number of carbonyl (C=O) groups is 1.